The Bertz CT molecular complexity index is 336. The van der Waals surface area contributed by atoms with Gasteiger partial charge in [-0.25, -0.2) is 0 Å². The topological polar surface area (TPSA) is 70.2 Å². The van der Waals surface area contributed by atoms with Gasteiger partial charge in [-0.15, -0.1) is 10.2 Å². The zero-order valence-electron chi connectivity index (χ0n) is 9.82. The van der Waals surface area contributed by atoms with Crippen molar-refractivity contribution in [2.75, 3.05) is 39.5 Å². The normalized spacial score (nSPS) is 9.94. The highest BCUT2D eigenvalue weighted by Gasteiger charge is 2.09. The molecule has 0 aliphatic carbocycles. The van der Waals surface area contributed by atoms with Gasteiger partial charge in [-0.2, -0.15) is 0 Å². The summed E-state index contributed by atoms with van der Waals surface area (Å²) in [7, 11) is 5.25. The molecule has 2 N–H and O–H groups in total. The third-order valence-electron chi connectivity index (χ3n) is 1.97. The second kappa shape index (κ2) is 6.02. The van der Waals surface area contributed by atoms with E-state index in [0.717, 1.165) is 13.1 Å². The van der Waals surface area contributed by atoms with Gasteiger partial charge in [-0.3, -0.25) is 4.79 Å². The average Bonchev–Trinajstić information content (AvgIpc) is 2.29. The minimum absolute atomic E-state index is 0.144. The molecule has 16 heavy (non-hydrogen) atoms. The van der Waals surface area contributed by atoms with E-state index in [1.165, 1.54) is 4.90 Å². The Balaban J connectivity index is 2.57. The smallest absolute Gasteiger partial charge is 0.273 e. The van der Waals surface area contributed by atoms with Crippen LogP contribution in [0.15, 0.2) is 12.1 Å². The molecule has 0 aliphatic heterocycles. The third-order valence-corrected chi connectivity index (χ3v) is 1.97. The Hall–Kier alpha value is -1.69. The van der Waals surface area contributed by atoms with Crippen molar-refractivity contribution in [2.24, 2.45) is 0 Å². The first-order chi connectivity index (χ1) is 7.65. The summed E-state index contributed by atoms with van der Waals surface area (Å²) in [4.78, 5) is 13.0. The number of amides is 1. The molecule has 1 rings (SSSR count). The van der Waals surface area contributed by atoms with Crippen LogP contribution < -0.4 is 10.6 Å². The number of nitrogens with zero attached hydrogens (tertiary/aromatic N) is 3. The van der Waals surface area contributed by atoms with E-state index in [-0.39, 0.29) is 5.91 Å². The van der Waals surface area contributed by atoms with Gasteiger partial charge in [-0.05, 0) is 19.2 Å². The van der Waals surface area contributed by atoms with Crippen LogP contribution in [0.25, 0.3) is 0 Å². The first-order valence-electron chi connectivity index (χ1n) is 5.09. The van der Waals surface area contributed by atoms with E-state index in [1.807, 2.05) is 7.05 Å². The minimum Gasteiger partial charge on any atom is -0.367 e. The van der Waals surface area contributed by atoms with Crippen LogP contribution in [0.4, 0.5) is 5.82 Å². The van der Waals surface area contributed by atoms with Crippen molar-refractivity contribution in [3.8, 4) is 0 Å². The van der Waals surface area contributed by atoms with Crippen molar-refractivity contribution in [2.45, 2.75) is 0 Å². The maximum Gasteiger partial charge on any atom is 0.273 e. The van der Waals surface area contributed by atoms with Gasteiger partial charge in [0.05, 0.1) is 0 Å². The third kappa shape index (κ3) is 3.47. The summed E-state index contributed by atoms with van der Waals surface area (Å²) < 4.78 is 0. The zero-order valence-corrected chi connectivity index (χ0v) is 9.82. The minimum atomic E-state index is -0.144. The summed E-state index contributed by atoms with van der Waals surface area (Å²) >= 11 is 0. The van der Waals surface area contributed by atoms with E-state index in [1.54, 1.807) is 26.2 Å². The molecule has 0 spiro atoms. The maximum atomic E-state index is 11.5. The molecular weight excluding hydrogens is 206 g/mol. The summed E-state index contributed by atoms with van der Waals surface area (Å²) in [5.74, 6) is 0.528. The Labute approximate surface area is 95.0 Å². The molecule has 0 fully saturated rings. The lowest BCUT2D eigenvalue weighted by molar-refractivity contribution is 0.0821. The van der Waals surface area contributed by atoms with E-state index >= 15 is 0 Å². The number of rotatable bonds is 5. The standard InChI is InChI=1S/C10H17N5O/c1-11-6-7-12-9-5-4-8(13-14-9)10(16)15(2)3/h4-5,11H,6-7H2,1-3H3,(H,12,14). The summed E-state index contributed by atoms with van der Waals surface area (Å²) in [6.07, 6.45) is 0. The van der Waals surface area contributed by atoms with Crippen LogP contribution in [0.2, 0.25) is 0 Å². The van der Waals surface area contributed by atoms with Crippen LogP contribution in [-0.2, 0) is 0 Å². The monoisotopic (exact) mass is 223 g/mol. The molecular formula is C10H17N5O. The number of hydrogen-bond donors (Lipinski definition) is 2. The van der Waals surface area contributed by atoms with Crippen molar-refractivity contribution in [1.29, 1.82) is 0 Å². The number of anilines is 1. The fourth-order valence-electron chi connectivity index (χ4n) is 1.09. The first-order valence-corrected chi connectivity index (χ1v) is 5.09. The maximum absolute atomic E-state index is 11.5. The Morgan fingerprint density at radius 1 is 1.31 bits per heavy atom. The predicted molar refractivity (Wildman–Crippen MR) is 62.5 cm³/mol. The number of carbonyl (C=O) groups excluding carboxylic acids is 1. The highest BCUT2D eigenvalue weighted by Crippen LogP contribution is 2.02. The second-order valence-corrected chi connectivity index (χ2v) is 3.53. The van der Waals surface area contributed by atoms with Crippen molar-refractivity contribution in [1.82, 2.24) is 20.4 Å². The van der Waals surface area contributed by atoms with Crippen LogP contribution in [0.3, 0.4) is 0 Å². The largest absolute Gasteiger partial charge is 0.367 e. The van der Waals surface area contributed by atoms with Gasteiger partial charge in [0.15, 0.2) is 5.69 Å². The van der Waals surface area contributed by atoms with E-state index in [2.05, 4.69) is 20.8 Å². The van der Waals surface area contributed by atoms with Crippen LogP contribution in [0, 0.1) is 0 Å². The van der Waals surface area contributed by atoms with E-state index < -0.39 is 0 Å². The highest BCUT2D eigenvalue weighted by molar-refractivity contribution is 5.91. The van der Waals surface area contributed by atoms with Gasteiger partial charge in [0.2, 0.25) is 0 Å². The number of nitrogens with one attached hydrogen (secondary N) is 2. The lowest BCUT2D eigenvalue weighted by Gasteiger charge is -2.09. The van der Waals surface area contributed by atoms with Gasteiger partial charge in [0, 0.05) is 27.2 Å². The van der Waals surface area contributed by atoms with E-state index in [9.17, 15) is 4.79 Å². The fraction of sp³-hybridized carbons (Fsp3) is 0.500. The molecule has 0 saturated heterocycles. The molecule has 1 heterocycles. The van der Waals surface area contributed by atoms with Gasteiger partial charge in [-0.1, -0.05) is 0 Å². The van der Waals surface area contributed by atoms with Crippen LogP contribution in [-0.4, -0.2) is 55.2 Å². The molecule has 88 valence electrons. The molecule has 0 aromatic carbocycles. The van der Waals surface area contributed by atoms with Crippen molar-refractivity contribution in [3.63, 3.8) is 0 Å². The molecule has 1 aromatic heterocycles. The highest BCUT2D eigenvalue weighted by atomic mass is 16.2. The second-order valence-electron chi connectivity index (χ2n) is 3.53. The van der Waals surface area contributed by atoms with Crippen LogP contribution in [0.5, 0.6) is 0 Å². The van der Waals surface area contributed by atoms with Gasteiger partial charge in [0.1, 0.15) is 5.82 Å². The molecule has 6 heteroatoms. The number of carbonyl (C=O) groups is 1. The van der Waals surface area contributed by atoms with Crippen molar-refractivity contribution < 1.29 is 4.79 Å². The van der Waals surface area contributed by atoms with E-state index in [4.69, 9.17) is 0 Å². The van der Waals surface area contributed by atoms with Gasteiger partial charge in [0.25, 0.3) is 5.91 Å². The molecule has 0 saturated carbocycles. The molecule has 0 atom stereocenters. The zero-order chi connectivity index (χ0) is 12.0. The molecule has 0 radical (unpaired) electrons. The van der Waals surface area contributed by atoms with E-state index in [0.29, 0.717) is 11.5 Å². The summed E-state index contributed by atoms with van der Waals surface area (Å²) in [6, 6.07) is 3.41. The van der Waals surface area contributed by atoms with Crippen molar-refractivity contribution >= 4 is 11.7 Å². The average molecular weight is 223 g/mol. The predicted octanol–water partition coefficient (Wildman–Crippen LogP) is -0.190. The summed E-state index contributed by atoms with van der Waals surface area (Å²) in [5.41, 5.74) is 0.351. The molecule has 0 unspecified atom stereocenters. The van der Waals surface area contributed by atoms with Crippen LogP contribution in [0.1, 0.15) is 10.5 Å². The molecule has 1 aromatic rings. The SMILES string of the molecule is CNCCNc1ccc(C(=O)N(C)C)nn1. The number of likely N-dealkylation sites (N-methyl/N-ethyl adjacent to an activating group) is 1. The van der Waals surface area contributed by atoms with Crippen LogP contribution >= 0.6 is 0 Å². The first kappa shape index (κ1) is 12.4. The summed E-state index contributed by atoms with van der Waals surface area (Å²) in [5, 5.41) is 13.9. The lowest BCUT2D eigenvalue weighted by atomic mass is 10.3. The number of hydrogen-bond acceptors (Lipinski definition) is 5. The lowest BCUT2D eigenvalue weighted by Crippen LogP contribution is -2.23. The Morgan fingerprint density at radius 2 is 2.06 bits per heavy atom. The van der Waals surface area contributed by atoms with Gasteiger partial charge >= 0.3 is 0 Å². The summed E-state index contributed by atoms with van der Waals surface area (Å²) in [6.45, 7) is 1.62. The van der Waals surface area contributed by atoms with Crippen molar-refractivity contribution in [3.05, 3.63) is 17.8 Å². The Kier molecular flexibility index (Phi) is 4.65. The molecule has 1 amide bonds. The fourth-order valence-corrected chi connectivity index (χ4v) is 1.09. The molecule has 0 bridgehead atoms. The number of aromatic nitrogens is 2. The quantitative estimate of drug-likeness (QED) is 0.677. The van der Waals surface area contributed by atoms with Gasteiger partial charge < -0.3 is 15.5 Å². The Morgan fingerprint density at radius 3 is 2.56 bits per heavy atom. The molecule has 6 nitrogen and oxygen atoms in total. The molecule has 0 aliphatic rings.